The quantitative estimate of drug-likeness (QED) is 0.897. The molecule has 2 atom stereocenters. The molecule has 0 saturated carbocycles. The van der Waals surface area contributed by atoms with E-state index in [0.29, 0.717) is 0 Å². The number of carbonyl (C=O) groups is 1. The number of nitrogens with one attached hydrogen (secondary N) is 2. The van der Waals surface area contributed by atoms with Gasteiger partial charge in [-0.15, -0.1) is 0 Å². The van der Waals surface area contributed by atoms with Gasteiger partial charge in [-0.05, 0) is 50.9 Å². The maximum atomic E-state index is 12.4. The molecule has 1 heterocycles. The monoisotopic (exact) mass is 324 g/mol. The summed E-state index contributed by atoms with van der Waals surface area (Å²) in [6, 6.07) is 8.12. The van der Waals surface area contributed by atoms with Gasteiger partial charge in [0.2, 0.25) is 5.91 Å². The lowest BCUT2D eigenvalue weighted by atomic mass is 9.81. The summed E-state index contributed by atoms with van der Waals surface area (Å²) in [6.07, 6.45) is 2.02. The molecular formula is C15H21BrN2O. The van der Waals surface area contributed by atoms with E-state index in [1.54, 1.807) is 0 Å². The molecule has 0 bridgehead atoms. The first kappa shape index (κ1) is 14.5. The fraction of sp³-hybridized carbons (Fsp3) is 0.533. The second kappa shape index (κ2) is 6.06. The summed E-state index contributed by atoms with van der Waals surface area (Å²) in [5, 5.41) is 6.44. The van der Waals surface area contributed by atoms with Gasteiger partial charge in [0.25, 0.3) is 0 Å². The molecule has 1 aliphatic rings. The minimum absolute atomic E-state index is 0.0411. The Bertz CT molecular complexity index is 438. The first-order valence-corrected chi connectivity index (χ1v) is 7.58. The van der Waals surface area contributed by atoms with Crippen molar-refractivity contribution in [2.24, 2.45) is 5.41 Å². The molecule has 1 saturated heterocycles. The van der Waals surface area contributed by atoms with Crippen molar-refractivity contribution in [2.45, 2.75) is 32.7 Å². The minimum Gasteiger partial charge on any atom is -0.349 e. The third-order valence-corrected chi connectivity index (χ3v) is 4.39. The molecule has 2 rings (SSSR count). The number of amides is 1. The molecule has 19 heavy (non-hydrogen) atoms. The first-order chi connectivity index (χ1) is 9.01. The van der Waals surface area contributed by atoms with Gasteiger partial charge >= 0.3 is 0 Å². The Hall–Kier alpha value is -0.870. The molecule has 4 heteroatoms. The molecule has 3 nitrogen and oxygen atoms in total. The van der Waals surface area contributed by atoms with Crippen molar-refractivity contribution in [1.82, 2.24) is 10.6 Å². The van der Waals surface area contributed by atoms with E-state index in [0.717, 1.165) is 36.0 Å². The number of hydrogen-bond acceptors (Lipinski definition) is 2. The third kappa shape index (κ3) is 3.57. The highest BCUT2D eigenvalue weighted by Gasteiger charge is 2.35. The third-order valence-electron chi connectivity index (χ3n) is 3.86. The summed E-state index contributed by atoms with van der Waals surface area (Å²) in [4.78, 5) is 12.4. The van der Waals surface area contributed by atoms with Crippen LogP contribution in [-0.4, -0.2) is 19.0 Å². The molecule has 0 spiro atoms. The van der Waals surface area contributed by atoms with Gasteiger partial charge in [-0.25, -0.2) is 0 Å². The molecule has 0 radical (unpaired) electrons. The lowest BCUT2D eigenvalue weighted by Crippen LogP contribution is -2.49. The van der Waals surface area contributed by atoms with Crippen LogP contribution in [0.5, 0.6) is 0 Å². The van der Waals surface area contributed by atoms with Crippen LogP contribution in [0.25, 0.3) is 0 Å². The fourth-order valence-electron chi connectivity index (χ4n) is 2.46. The maximum absolute atomic E-state index is 12.4. The molecule has 0 aromatic heterocycles. The van der Waals surface area contributed by atoms with E-state index in [1.807, 2.05) is 38.1 Å². The Balaban J connectivity index is 2.00. The largest absolute Gasteiger partial charge is 0.349 e. The Kier molecular flexibility index (Phi) is 4.63. The molecule has 1 unspecified atom stereocenters. The zero-order valence-electron chi connectivity index (χ0n) is 11.5. The molecule has 2 N–H and O–H groups in total. The Labute approximate surface area is 123 Å². The zero-order chi connectivity index (χ0) is 13.9. The van der Waals surface area contributed by atoms with Crippen LogP contribution in [-0.2, 0) is 4.79 Å². The fourth-order valence-corrected chi connectivity index (χ4v) is 2.72. The number of carbonyl (C=O) groups excluding carboxylic acids is 1. The van der Waals surface area contributed by atoms with Crippen LogP contribution >= 0.6 is 15.9 Å². The van der Waals surface area contributed by atoms with E-state index < -0.39 is 0 Å². The van der Waals surface area contributed by atoms with Gasteiger partial charge in [0, 0.05) is 11.0 Å². The minimum atomic E-state index is -0.276. The number of halogens is 1. The Morgan fingerprint density at radius 2 is 2.11 bits per heavy atom. The number of benzene rings is 1. The van der Waals surface area contributed by atoms with Gasteiger partial charge in [-0.1, -0.05) is 28.1 Å². The van der Waals surface area contributed by atoms with Crippen LogP contribution in [0, 0.1) is 5.41 Å². The predicted octanol–water partition coefficient (Wildman–Crippen LogP) is 3.02. The Morgan fingerprint density at radius 3 is 2.68 bits per heavy atom. The van der Waals surface area contributed by atoms with Crippen molar-refractivity contribution in [3.63, 3.8) is 0 Å². The van der Waals surface area contributed by atoms with Crippen molar-refractivity contribution in [3.8, 4) is 0 Å². The molecule has 0 aliphatic carbocycles. The molecule has 1 aromatic carbocycles. The van der Waals surface area contributed by atoms with Gasteiger partial charge in [0.05, 0.1) is 11.5 Å². The first-order valence-electron chi connectivity index (χ1n) is 6.78. The molecule has 1 fully saturated rings. The van der Waals surface area contributed by atoms with Crippen LogP contribution < -0.4 is 10.6 Å². The average molecular weight is 325 g/mol. The van der Waals surface area contributed by atoms with Crippen molar-refractivity contribution < 1.29 is 4.79 Å². The molecular weight excluding hydrogens is 304 g/mol. The van der Waals surface area contributed by atoms with Crippen molar-refractivity contribution in [2.75, 3.05) is 13.1 Å². The normalized spacial score (nSPS) is 24.8. The maximum Gasteiger partial charge on any atom is 0.227 e. The van der Waals surface area contributed by atoms with Crippen LogP contribution in [0.4, 0.5) is 0 Å². The lowest BCUT2D eigenvalue weighted by molar-refractivity contribution is -0.131. The molecule has 1 amide bonds. The topological polar surface area (TPSA) is 41.1 Å². The second-order valence-corrected chi connectivity index (χ2v) is 6.50. The summed E-state index contributed by atoms with van der Waals surface area (Å²) in [5.74, 6) is 0.148. The lowest BCUT2D eigenvalue weighted by Gasteiger charge is -2.33. The van der Waals surface area contributed by atoms with Gasteiger partial charge in [-0.3, -0.25) is 4.79 Å². The molecule has 1 aliphatic heterocycles. The van der Waals surface area contributed by atoms with Crippen LogP contribution in [0.3, 0.4) is 0 Å². The molecule has 1 aromatic rings. The highest BCUT2D eigenvalue weighted by atomic mass is 79.9. The zero-order valence-corrected chi connectivity index (χ0v) is 13.1. The van der Waals surface area contributed by atoms with E-state index in [-0.39, 0.29) is 17.4 Å². The summed E-state index contributed by atoms with van der Waals surface area (Å²) in [7, 11) is 0. The van der Waals surface area contributed by atoms with Gasteiger partial charge in [0.1, 0.15) is 0 Å². The average Bonchev–Trinajstić information content (AvgIpc) is 2.40. The summed E-state index contributed by atoms with van der Waals surface area (Å²) in [5.41, 5.74) is 0.853. The standard InChI is InChI=1S/C15H21BrN2O/c1-11(12-4-6-13(16)7-5-12)18-14(19)15(2)8-3-9-17-10-15/h4-7,11,17H,3,8-10H2,1-2H3,(H,18,19)/t11-,15?/m0/s1. The van der Waals surface area contributed by atoms with Crippen LogP contribution in [0.1, 0.15) is 38.3 Å². The van der Waals surface area contributed by atoms with E-state index in [4.69, 9.17) is 0 Å². The van der Waals surface area contributed by atoms with Crippen LogP contribution in [0.15, 0.2) is 28.7 Å². The van der Waals surface area contributed by atoms with Gasteiger partial charge in [-0.2, -0.15) is 0 Å². The SMILES string of the molecule is C[C@H](NC(=O)C1(C)CCCNC1)c1ccc(Br)cc1. The van der Waals surface area contributed by atoms with Gasteiger partial charge < -0.3 is 10.6 Å². The summed E-state index contributed by atoms with van der Waals surface area (Å²) < 4.78 is 1.05. The van der Waals surface area contributed by atoms with E-state index >= 15 is 0 Å². The highest BCUT2D eigenvalue weighted by Crippen LogP contribution is 2.27. The number of piperidine rings is 1. The highest BCUT2D eigenvalue weighted by molar-refractivity contribution is 9.10. The van der Waals surface area contributed by atoms with Gasteiger partial charge in [0.15, 0.2) is 0 Å². The second-order valence-electron chi connectivity index (χ2n) is 5.59. The Morgan fingerprint density at radius 1 is 1.42 bits per heavy atom. The van der Waals surface area contributed by atoms with Crippen molar-refractivity contribution in [1.29, 1.82) is 0 Å². The summed E-state index contributed by atoms with van der Waals surface area (Å²) in [6.45, 7) is 5.86. The number of hydrogen-bond donors (Lipinski definition) is 2. The van der Waals surface area contributed by atoms with Crippen molar-refractivity contribution >= 4 is 21.8 Å². The smallest absolute Gasteiger partial charge is 0.227 e. The number of rotatable bonds is 3. The van der Waals surface area contributed by atoms with E-state index in [1.165, 1.54) is 0 Å². The van der Waals surface area contributed by atoms with E-state index in [2.05, 4.69) is 26.6 Å². The molecule has 104 valence electrons. The van der Waals surface area contributed by atoms with Crippen molar-refractivity contribution in [3.05, 3.63) is 34.3 Å². The predicted molar refractivity (Wildman–Crippen MR) is 80.9 cm³/mol. The summed E-state index contributed by atoms with van der Waals surface area (Å²) >= 11 is 3.42. The van der Waals surface area contributed by atoms with E-state index in [9.17, 15) is 4.79 Å². The van der Waals surface area contributed by atoms with Crippen LogP contribution in [0.2, 0.25) is 0 Å².